The lowest BCUT2D eigenvalue weighted by atomic mass is 9.95. The number of benzene rings is 2. The molecule has 1 amide bonds. The van der Waals surface area contributed by atoms with Crippen molar-refractivity contribution in [3.8, 4) is 11.1 Å². The van der Waals surface area contributed by atoms with E-state index < -0.39 is 5.91 Å². The molecular weight excluding hydrogens is 284 g/mol. The van der Waals surface area contributed by atoms with Gasteiger partial charge in [0.15, 0.2) is 0 Å². The molecule has 0 aliphatic carbocycles. The molecule has 1 aromatic heterocycles. The van der Waals surface area contributed by atoms with Gasteiger partial charge in [-0.25, -0.2) is 0 Å². The Morgan fingerprint density at radius 1 is 0.870 bits per heavy atom. The molecule has 23 heavy (non-hydrogen) atoms. The number of carbonyl (C=O) groups excluding carboxylic acids is 1. The largest absolute Gasteiger partial charge is 0.366 e. The van der Waals surface area contributed by atoms with Gasteiger partial charge in [0.2, 0.25) is 5.91 Å². The van der Waals surface area contributed by atoms with E-state index in [1.165, 1.54) is 5.56 Å². The molecule has 0 aliphatic rings. The van der Waals surface area contributed by atoms with Gasteiger partial charge in [-0.15, -0.1) is 0 Å². The van der Waals surface area contributed by atoms with E-state index in [1.807, 2.05) is 48.5 Å². The van der Waals surface area contributed by atoms with E-state index in [0.29, 0.717) is 5.56 Å². The summed E-state index contributed by atoms with van der Waals surface area (Å²) in [5.74, 6) is -0.424. The van der Waals surface area contributed by atoms with E-state index in [4.69, 9.17) is 5.73 Å². The minimum atomic E-state index is -0.424. The molecule has 0 spiro atoms. The summed E-state index contributed by atoms with van der Waals surface area (Å²) in [4.78, 5) is 16.3. The van der Waals surface area contributed by atoms with Gasteiger partial charge < -0.3 is 5.73 Å². The Kier molecular flexibility index (Phi) is 4.48. The molecule has 0 saturated carbocycles. The second-order valence-corrected chi connectivity index (χ2v) is 5.40. The van der Waals surface area contributed by atoms with Crippen molar-refractivity contribution in [2.75, 3.05) is 0 Å². The van der Waals surface area contributed by atoms with Gasteiger partial charge in [-0.2, -0.15) is 0 Å². The molecule has 3 nitrogen and oxygen atoms in total. The summed E-state index contributed by atoms with van der Waals surface area (Å²) in [5.41, 5.74) is 10.0. The molecule has 0 atom stereocenters. The Balaban J connectivity index is 1.99. The van der Waals surface area contributed by atoms with E-state index in [1.54, 1.807) is 12.3 Å². The van der Waals surface area contributed by atoms with Gasteiger partial charge in [-0.1, -0.05) is 60.7 Å². The Morgan fingerprint density at radius 2 is 1.52 bits per heavy atom. The summed E-state index contributed by atoms with van der Waals surface area (Å²) in [5, 5.41) is 0. The normalized spacial score (nSPS) is 10.4. The zero-order valence-corrected chi connectivity index (χ0v) is 12.8. The van der Waals surface area contributed by atoms with Crippen LogP contribution >= 0.6 is 0 Å². The molecule has 0 fully saturated rings. The number of primary amides is 1. The van der Waals surface area contributed by atoms with E-state index in [9.17, 15) is 4.79 Å². The van der Waals surface area contributed by atoms with E-state index in [0.717, 1.165) is 29.7 Å². The lowest BCUT2D eigenvalue weighted by Gasteiger charge is -2.12. The summed E-state index contributed by atoms with van der Waals surface area (Å²) >= 11 is 0. The average molecular weight is 302 g/mol. The molecule has 1 heterocycles. The predicted octanol–water partition coefficient (Wildman–Crippen LogP) is 3.63. The molecule has 0 aliphatic heterocycles. The lowest BCUT2D eigenvalue weighted by molar-refractivity contribution is 0.100. The van der Waals surface area contributed by atoms with Crippen LogP contribution in [0.3, 0.4) is 0 Å². The van der Waals surface area contributed by atoms with Crippen molar-refractivity contribution in [1.82, 2.24) is 4.98 Å². The number of nitrogens with two attached hydrogens (primary N) is 1. The van der Waals surface area contributed by atoms with Gasteiger partial charge in [-0.3, -0.25) is 9.78 Å². The van der Waals surface area contributed by atoms with Crippen LogP contribution in [0, 0.1) is 0 Å². The van der Waals surface area contributed by atoms with Crippen molar-refractivity contribution in [2.45, 2.75) is 12.8 Å². The Hall–Kier alpha value is -2.94. The van der Waals surface area contributed by atoms with Crippen molar-refractivity contribution in [3.05, 3.63) is 89.7 Å². The first-order chi connectivity index (χ1) is 11.3. The van der Waals surface area contributed by atoms with Gasteiger partial charge in [0.1, 0.15) is 0 Å². The van der Waals surface area contributed by atoms with Crippen LogP contribution in [-0.4, -0.2) is 10.9 Å². The molecule has 0 bridgehead atoms. The SMILES string of the molecule is NC(=O)c1ccnc(CCc2ccccc2)c1-c1ccccc1. The van der Waals surface area contributed by atoms with Crippen LogP contribution in [0.5, 0.6) is 0 Å². The van der Waals surface area contributed by atoms with Crippen LogP contribution < -0.4 is 5.73 Å². The number of nitrogens with zero attached hydrogens (tertiary/aromatic N) is 1. The van der Waals surface area contributed by atoms with Gasteiger partial charge in [0.25, 0.3) is 0 Å². The highest BCUT2D eigenvalue weighted by Crippen LogP contribution is 2.27. The van der Waals surface area contributed by atoms with Gasteiger partial charge in [0.05, 0.1) is 5.56 Å². The van der Waals surface area contributed by atoms with Crippen LogP contribution in [0.1, 0.15) is 21.6 Å². The van der Waals surface area contributed by atoms with Crippen LogP contribution in [0.15, 0.2) is 72.9 Å². The van der Waals surface area contributed by atoms with Crippen LogP contribution in [0.2, 0.25) is 0 Å². The number of carbonyl (C=O) groups is 1. The first-order valence-electron chi connectivity index (χ1n) is 7.63. The number of aryl methyl sites for hydroxylation is 2. The fraction of sp³-hybridized carbons (Fsp3) is 0.100. The Bertz CT molecular complexity index is 798. The zero-order valence-electron chi connectivity index (χ0n) is 12.8. The standard InChI is InChI=1S/C20H18N2O/c21-20(23)17-13-14-22-18(12-11-15-7-3-1-4-8-15)19(17)16-9-5-2-6-10-16/h1-10,13-14H,11-12H2,(H2,21,23). The molecule has 3 heteroatoms. The summed E-state index contributed by atoms with van der Waals surface area (Å²) in [6.07, 6.45) is 3.29. The fourth-order valence-corrected chi connectivity index (χ4v) is 2.73. The summed E-state index contributed by atoms with van der Waals surface area (Å²) in [6, 6.07) is 21.8. The smallest absolute Gasteiger partial charge is 0.249 e. The second-order valence-electron chi connectivity index (χ2n) is 5.40. The van der Waals surface area contributed by atoms with E-state index in [-0.39, 0.29) is 0 Å². The highest BCUT2D eigenvalue weighted by molar-refractivity contribution is 6.00. The molecule has 0 unspecified atom stereocenters. The number of rotatable bonds is 5. The summed E-state index contributed by atoms with van der Waals surface area (Å²) in [6.45, 7) is 0. The third-order valence-electron chi connectivity index (χ3n) is 3.85. The third kappa shape index (κ3) is 3.46. The van der Waals surface area contributed by atoms with E-state index in [2.05, 4.69) is 17.1 Å². The monoisotopic (exact) mass is 302 g/mol. The molecule has 3 rings (SSSR count). The minimum absolute atomic E-state index is 0.424. The fourth-order valence-electron chi connectivity index (χ4n) is 2.73. The maximum absolute atomic E-state index is 11.8. The summed E-state index contributed by atoms with van der Waals surface area (Å²) in [7, 11) is 0. The Morgan fingerprint density at radius 3 is 2.17 bits per heavy atom. The molecule has 2 aromatic carbocycles. The van der Waals surface area contributed by atoms with Gasteiger partial charge in [0, 0.05) is 17.5 Å². The van der Waals surface area contributed by atoms with E-state index >= 15 is 0 Å². The average Bonchev–Trinajstić information content (AvgIpc) is 2.61. The molecule has 0 saturated heterocycles. The van der Waals surface area contributed by atoms with Gasteiger partial charge in [-0.05, 0) is 30.0 Å². The molecule has 3 aromatic rings. The van der Waals surface area contributed by atoms with Crippen molar-refractivity contribution in [1.29, 1.82) is 0 Å². The first-order valence-corrected chi connectivity index (χ1v) is 7.63. The first kappa shape index (κ1) is 15.0. The summed E-state index contributed by atoms with van der Waals surface area (Å²) < 4.78 is 0. The second kappa shape index (κ2) is 6.88. The number of pyridine rings is 1. The minimum Gasteiger partial charge on any atom is -0.366 e. The quantitative estimate of drug-likeness (QED) is 0.782. The number of amides is 1. The molecule has 0 radical (unpaired) electrons. The van der Waals surface area contributed by atoms with Crippen molar-refractivity contribution in [3.63, 3.8) is 0 Å². The van der Waals surface area contributed by atoms with Crippen molar-refractivity contribution >= 4 is 5.91 Å². The molecular formula is C20H18N2O. The highest BCUT2D eigenvalue weighted by atomic mass is 16.1. The molecule has 114 valence electrons. The van der Waals surface area contributed by atoms with Crippen molar-refractivity contribution < 1.29 is 4.79 Å². The maximum atomic E-state index is 11.8. The third-order valence-corrected chi connectivity index (χ3v) is 3.85. The van der Waals surface area contributed by atoms with Gasteiger partial charge >= 0.3 is 0 Å². The highest BCUT2D eigenvalue weighted by Gasteiger charge is 2.15. The predicted molar refractivity (Wildman–Crippen MR) is 92.0 cm³/mol. The number of aromatic nitrogens is 1. The topological polar surface area (TPSA) is 56.0 Å². The zero-order chi connectivity index (χ0) is 16.1. The van der Waals surface area contributed by atoms with Crippen molar-refractivity contribution in [2.24, 2.45) is 5.73 Å². The van der Waals surface area contributed by atoms with Crippen LogP contribution in [0.25, 0.3) is 11.1 Å². The maximum Gasteiger partial charge on any atom is 0.249 e. The van der Waals surface area contributed by atoms with Crippen LogP contribution in [0.4, 0.5) is 0 Å². The number of hydrogen-bond donors (Lipinski definition) is 1. The number of hydrogen-bond acceptors (Lipinski definition) is 2. The molecule has 2 N–H and O–H groups in total. The Labute approximate surface area is 135 Å². The lowest BCUT2D eigenvalue weighted by Crippen LogP contribution is -2.14. The van der Waals surface area contributed by atoms with Crippen LogP contribution in [-0.2, 0) is 12.8 Å².